The Labute approximate surface area is 160 Å². The van der Waals surface area contributed by atoms with E-state index < -0.39 is 0 Å². The van der Waals surface area contributed by atoms with Gasteiger partial charge in [-0.2, -0.15) is 0 Å². The van der Waals surface area contributed by atoms with Crippen LogP contribution in [-0.4, -0.2) is 43.6 Å². The highest BCUT2D eigenvalue weighted by Crippen LogP contribution is 2.36. The highest BCUT2D eigenvalue weighted by atomic mass is 16.5. The normalized spacial score (nSPS) is 14.2. The Morgan fingerprint density at radius 1 is 1.19 bits per heavy atom. The maximum absolute atomic E-state index is 10.5. The molecule has 1 N–H and O–H groups in total. The fourth-order valence-corrected chi connectivity index (χ4v) is 3.09. The third-order valence-electron chi connectivity index (χ3n) is 4.45. The molecule has 0 saturated carbocycles. The van der Waals surface area contributed by atoms with Crippen LogP contribution in [0, 0.1) is 5.41 Å². The fraction of sp³-hybridized carbons (Fsp3) is 0.682. The second-order valence-corrected chi connectivity index (χ2v) is 7.49. The van der Waals surface area contributed by atoms with E-state index in [1.54, 1.807) is 7.11 Å². The average molecular weight is 366 g/mol. The van der Waals surface area contributed by atoms with Gasteiger partial charge >= 0.3 is 0 Å². The van der Waals surface area contributed by atoms with E-state index in [0.717, 1.165) is 64.3 Å². The number of nitrogens with zero attached hydrogens (tertiary/aromatic N) is 1. The van der Waals surface area contributed by atoms with E-state index in [2.05, 4.69) is 50.8 Å². The number of aliphatic hydroxyl groups excluding tert-OH is 1. The summed E-state index contributed by atoms with van der Waals surface area (Å²) >= 11 is 0. The third kappa shape index (κ3) is 8.70. The van der Waals surface area contributed by atoms with Gasteiger partial charge in [0.05, 0.1) is 12.9 Å². The van der Waals surface area contributed by atoms with Crippen LogP contribution in [0.3, 0.4) is 0 Å². The van der Waals surface area contributed by atoms with Gasteiger partial charge in [-0.1, -0.05) is 40.2 Å². The van der Waals surface area contributed by atoms with Gasteiger partial charge in [0, 0.05) is 38.7 Å². The highest BCUT2D eigenvalue weighted by molar-refractivity contribution is 5.48. The molecule has 0 bridgehead atoms. The number of carbonyl (C=O) groups excluding carboxylic acids is 1. The molecule has 0 fully saturated rings. The van der Waals surface area contributed by atoms with Crippen molar-refractivity contribution in [3.05, 3.63) is 35.3 Å². The Morgan fingerprint density at radius 2 is 1.88 bits per heavy atom. The van der Waals surface area contributed by atoms with Crippen LogP contribution in [0.25, 0.3) is 0 Å². The van der Waals surface area contributed by atoms with Crippen LogP contribution in [0.4, 0.5) is 0 Å². The number of aliphatic hydroxyl groups is 1. The molecular weight excluding hydrogens is 326 g/mol. The molecule has 0 radical (unpaired) electrons. The Bertz CT molecular complexity index is 484. The van der Waals surface area contributed by atoms with Gasteiger partial charge in [0.1, 0.15) is 6.29 Å². The van der Waals surface area contributed by atoms with E-state index >= 15 is 0 Å². The van der Waals surface area contributed by atoms with Gasteiger partial charge in [0.15, 0.2) is 0 Å². The van der Waals surface area contributed by atoms with E-state index in [4.69, 9.17) is 9.84 Å². The van der Waals surface area contributed by atoms with E-state index in [1.807, 2.05) is 0 Å². The number of allylic oxidation sites excluding steroid dienone is 4. The van der Waals surface area contributed by atoms with Gasteiger partial charge in [-0.15, -0.1) is 0 Å². The molecule has 1 aliphatic rings. The summed E-state index contributed by atoms with van der Waals surface area (Å²) in [4.78, 5) is 13.0. The van der Waals surface area contributed by atoms with Crippen molar-refractivity contribution in [1.82, 2.24) is 4.90 Å². The molecule has 0 heterocycles. The van der Waals surface area contributed by atoms with Crippen LogP contribution in [0.5, 0.6) is 0 Å². The molecule has 1 rings (SSSR count). The number of rotatable bonds is 10. The molecule has 4 nitrogen and oxygen atoms in total. The predicted octanol–water partition coefficient (Wildman–Crippen LogP) is 4.86. The van der Waals surface area contributed by atoms with Crippen molar-refractivity contribution in [1.29, 1.82) is 0 Å². The zero-order chi connectivity index (χ0) is 20.0. The molecule has 4 heteroatoms. The molecule has 0 aromatic rings. The van der Waals surface area contributed by atoms with Crippen molar-refractivity contribution in [3.8, 4) is 0 Å². The van der Waals surface area contributed by atoms with Gasteiger partial charge in [-0.25, -0.2) is 0 Å². The van der Waals surface area contributed by atoms with Crippen molar-refractivity contribution >= 4 is 6.29 Å². The number of hydrogen-bond acceptors (Lipinski definition) is 4. The second kappa shape index (κ2) is 13.6. The number of unbranched alkanes of at least 4 members (excludes halogenated alkanes) is 3. The third-order valence-corrected chi connectivity index (χ3v) is 4.45. The van der Waals surface area contributed by atoms with E-state index in [1.165, 1.54) is 11.3 Å². The van der Waals surface area contributed by atoms with Gasteiger partial charge < -0.3 is 19.5 Å². The van der Waals surface area contributed by atoms with Gasteiger partial charge in [-0.05, 0) is 42.4 Å². The van der Waals surface area contributed by atoms with Gasteiger partial charge in [-0.3, -0.25) is 0 Å². The predicted molar refractivity (Wildman–Crippen MR) is 110 cm³/mol. The average Bonchev–Trinajstić information content (AvgIpc) is 2.85. The molecule has 0 saturated heterocycles. The topological polar surface area (TPSA) is 49.8 Å². The number of hydrogen-bond donors (Lipinski definition) is 1. The summed E-state index contributed by atoms with van der Waals surface area (Å²) < 4.78 is 5.53. The number of methoxy groups -OCH3 is 1. The summed E-state index contributed by atoms with van der Waals surface area (Å²) in [6.45, 7) is 11.2. The number of aldehydes is 1. The molecule has 1 aliphatic carbocycles. The molecule has 0 aromatic carbocycles. The van der Waals surface area contributed by atoms with Crippen LogP contribution >= 0.6 is 0 Å². The Morgan fingerprint density at radius 3 is 2.42 bits per heavy atom. The molecule has 0 aromatic heterocycles. The monoisotopic (exact) mass is 365 g/mol. The fourth-order valence-electron chi connectivity index (χ4n) is 3.09. The smallest absolute Gasteiger partial charge is 0.119 e. The first kappa shape index (κ1) is 24.5. The second-order valence-electron chi connectivity index (χ2n) is 7.49. The lowest BCUT2D eigenvalue weighted by molar-refractivity contribution is -0.107. The lowest BCUT2D eigenvalue weighted by atomic mass is 9.82. The van der Waals surface area contributed by atoms with Crippen LogP contribution < -0.4 is 0 Å². The van der Waals surface area contributed by atoms with Gasteiger partial charge in [0.25, 0.3) is 0 Å². The van der Waals surface area contributed by atoms with Crippen molar-refractivity contribution in [2.24, 2.45) is 5.41 Å². The Balaban J connectivity index is 0.00000301. The van der Waals surface area contributed by atoms with E-state index in [9.17, 15) is 4.79 Å². The summed E-state index contributed by atoms with van der Waals surface area (Å²) in [7, 11) is 2.75. The summed E-state index contributed by atoms with van der Waals surface area (Å²) in [6.07, 6.45) is 13.4. The van der Waals surface area contributed by atoms with E-state index in [-0.39, 0.29) is 5.41 Å². The number of carbonyl (C=O) groups is 1. The van der Waals surface area contributed by atoms with Crippen LogP contribution in [0.15, 0.2) is 35.3 Å². The zero-order valence-corrected chi connectivity index (χ0v) is 17.7. The SMILES string of the molecule is CCCN(CCCCCC=O)C1=C(C(C)(C)C)CC(OC)=CC=C1.CO. The first-order valence-electron chi connectivity index (χ1n) is 9.72. The Kier molecular flexibility index (Phi) is 12.8. The largest absolute Gasteiger partial charge is 0.501 e. The van der Waals surface area contributed by atoms with Crippen molar-refractivity contribution < 1.29 is 14.6 Å². The van der Waals surface area contributed by atoms with Crippen molar-refractivity contribution in [3.63, 3.8) is 0 Å². The molecule has 0 spiro atoms. The summed E-state index contributed by atoms with van der Waals surface area (Å²) in [5.41, 5.74) is 2.89. The first-order valence-corrected chi connectivity index (χ1v) is 9.72. The molecule has 0 aliphatic heterocycles. The van der Waals surface area contributed by atoms with Gasteiger partial charge in [0.2, 0.25) is 0 Å². The highest BCUT2D eigenvalue weighted by Gasteiger charge is 2.25. The Hall–Kier alpha value is -1.55. The van der Waals surface area contributed by atoms with E-state index in [0.29, 0.717) is 6.42 Å². The number of ether oxygens (including phenoxy) is 1. The lowest BCUT2D eigenvalue weighted by Gasteiger charge is -2.33. The minimum atomic E-state index is 0.102. The van der Waals surface area contributed by atoms with Crippen LogP contribution in [0.1, 0.15) is 66.2 Å². The zero-order valence-electron chi connectivity index (χ0n) is 17.7. The lowest BCUT2D eigenvalue weighted by Crippen LogP contribution is -2.28. The summed E-state index contributed by atoms with van der Waals surface area (Å²) in [6, 6.07) is 0. The quantitative estimate of drug-likeness (QED) is 0.444. The minimum absolute atomic E-state index is 0.102. The molecule has 150 valence electrons. The molecule has 0 unspecified atom stereocenters. The van der Waals surface area contributed by atoms with Crippen LogP contribution in [-0.2, 0) is 9.53 Å². The molecule has 26 heavy (non-hydrogen) atoms. The molecule has 0 amide bonds. The summed E-state index contributed by atoms with van der Waals surface area (Å²) in [5, 5.41) is 7.00. The minimum Gasteiger partial charge on any atom is -0.501 e. The maximum Gasteiger partial charge on any atom is 0.119 e. The van der Waals surface area contributed by atoms with Crippen LogP contribution in [0.2, 0.25) is 0 Å². The molecular formula is C22H39NO3. The first-order chi connectivity index (χ1) is 12.4. The maximum atomic E-state index is 10.5. The summed E-state index contributed by atoms with van der Waals surface area (Å²) in [5.74, 6) is 1.02. The molecule has 0 atom stereocenters. The standard InChI is InChI=1S/C21H35NO2.CH4O/c1-6-14-22(15-9-7-8-10-16-23)20-13-11-12-18(24-5)17-19(20)21(2,3)4;1-2/h11-13,16H,6-10,14-15,17H2,1-5H3;2H,1H3. The van der Waals surface area contributed by atoms with Crippen molar-refractivity contribution in [2.75, 3.05) is 27.3 Å². The van der Waals surface area contributed by atoms with Crippen molar-refractivity contribution in [2.45, 2.75) is 66.2 Å².